The molecule has 1 atom stereocenters. The van der Waals surface area contributed by atoms with Gasteiger partial charge in [0.2, 0.25) is 5.91 Å². The van der Waals surface area contributed by atoms with E-state index in [1.165, 1.54) is 56.9 Å². The van der Waals surface area contributed by atoms with Crippen LogP contribution in [0.5, 0.6) is 0 Å². The molecular formula is C19H31NO. The number of benzene rings is 1. The van der Waals surface area contributed by atoms with Gasteiger partial charge in [-0.25, -0.2) is 0 Å². The van der Waals surface area contributed by atoms with Gasteiger partial charge in [-0.1, -0.05) is 70.9 Å². The molecule has 2 nitrogen and oxygen atoms in total. The van der Waals surface area contributed by atoms with Gasteiger partial charge in [-0.2, -0.15) is 0 Å². The third kappa shape index (κ3) is 7.89. The minimum atomic E-state index is -0.0110. The number of nitrogens with one attached hydrogen (secondary N) is 1. The molecule has 0 saturated carbocycles. The largest absolute Gasteiger partial charge is 0.326 e. The number of amides is 1. The molecule has 1 rings (SSSR count). The molecule has 1 amide bonds. The zero-order valence-electron chi connectivity index (χ0n) is 14.0. The van der Waals surface area contributed by atoms with Crippen LogP contribution in [-0.4, -0.2) is 5.91 Å². The van der Waals surface area contributed by atoms with E-state index in [0.717, 1.165) is 11.6 Å². The second-order valence-corrected chi connectivity index (χ2v) is 6.09. The summed E-state index contributed by atoms with van der Waals surface area (Å²) in [5, 5.41) is 2.82. The molecule has 0 aliphatic carbocycles. The van der Waals surface area contributed by atoms with Crippen LogP contribution in [0.2, 0.25) is 0 Å². The SMILES string of the molecule is CCCCCC(CCCC)Cc1ccc(NC(C)=O)cc1. The molecule has 1 aromatic carbocycles. The molecule has 0 fully saturated rings. The Morgan fingerprint density at radius 2 is 1.62 bits per heavy atom. The second-order valence-electron chi connectivity index (χ2n) is 6.09. The van der Waals surface area contributed by atoms with E-state index in [9.17, 15) is 4.79 Å². The lowest BCUT2D eigenvalue weighted by atomic mass is 9.89. The molecule has 0 aliphatic heterocycles. The van der Waals surface area contributed by atoms with Crippen molar-refractivity contribution in [2.45, 2.75) is 72.1 Å². The van der Waals surface area contributed by atoms with Crippen LogP contribution in [0.3, 0.4) is 0 Å². The third-order valence-corrected chi connectivity index (χ3v) is 3.98. The fourth-order valence-corrected chi connectivity index (χ4v) is 2.79. The van der Waals surface area contributed by atoms with E-state index < -0.39 is 0 Å². The van der Waals surface area contributed by atoms with Crippen LogP contribution < -0.4 is 5.32 Å². The van der Waals surface area contributed by atoms with Crippen LogP contribution in [0, 0.1) is 5.92 Å². The summed E-state index contributed by atoms with van der Waals surface area (Å²) in [6.07, 6.45) is 10.5. The van der Waals surface area contributed by atoms with Crippen molar-refractivity contribution in [3.8, 4) is 0 Å². The maximum atomic E-state index is 11.0. The van der Waals surface area contributed by atoms with Crippen molar-refractivity contribution in [1.29, 1.82) is 0 Å². The van der Waals surface area contributed by atoms with Gasteiger partial charge in [-0.05, 0) is 30.0 Å². The second kappa shape index (κ2) is 10.4. The Balaban J connectivity index is 2.53. The lowest BCUT2D eigenvalue weighted by Crippen LogP contribution is -2.07. The molecule has 0 bridgehead atoms. The molecular weight excluding hydrogens is 258 g/mol. The van der Waals surface area contributed by atoms with Gasteiger partial charge in [0.1, 0.15) is 0 Å². The summed E-state index contributed by atoms with van der Waals surface area (Å²) in [5.74, 6) is 0.797. The monoisotopic (exact) mass is 289 g/mol. The Morgan fingerprint density at radius 1 is 1.00 bits per heavy atom. The van der Waals surface area contributed by atoms with Crippen molar-refractivity contribution in [2.75, 3.05) is 5.32 Å². The van der Waals surface area contributed by atoms with E-state index in [2.05, 4.69) is 31.3 Å². The van der Waals surface area contributed by atoms with Gasteiger partial charge in [0.15, 0.2) is 0 Å². The normalized spacial score (nSPS) is 12.1. The first-order valence-electron chi connectivity index (χ1n) is 8.52. The number of rotatable bonds is 10. The molecule has 0 spiro atoms. The van der Waals surface area contributed by atoms with Crippen LogP contribution in [0.15, 0.2) is 24.3 Å². The Hall–Kier alpha value is -1.31. The molecule has 0 saturated heterocycles. The number of hydrogen-bond acceptors (Lipinski definition) is 1. The van der Waals surface area contributed by atoms with Crippen LogP contribution in [0.4, 0.5) is 5.69 Å². The maximum absolute atomic E-state index is 11.0. The van der Waals surface area contributed by atoms with Gasteiger partial charge >= 0.3 is 0 Å². The molecule has 0 aliphatic rings. The summed E-state index contributed by atoms with van der Waals surface area (Å²) >= 11 is 0. The summed E-state index contributed by atoms with van der Waals surface area (Å²) in [6, 6.07) is 8.34. The average molecular weight is 289 g/mol. The predicted molar refractivity (Wildman–Crippen MR) is 91.6 cm³/mol. The molecule has 0 aromatic heterocycles. The molecule has 0 radical (unpaired) electrons. The Kier molecular flexibility index (Phi) is 8.80. The third-order valence-electron chi connectivity index (χ3n) is 3.98. The smallest absolute Gasteiger partial charge is 0.221 e. The number of unbranched alkanes of at least 4 members (excludes halogenated alkanes) is 3. The summed E-state index contributed by atoms with van der Waals surface area (Å²) in [7, 11) is 0. The van der Waals surface area contributed by atoms with E-state index in [1.54, 1.807) is 6.92 Å². The first kappa shape index (κ1) is 17.7. The highest BCUT2D eigenvalue weighted by Crippen LogP contribution is 2.22. The lowest BCUT2D eigenvalue weighted by Gasteiger charge is -2.17. The molecule has 1 N–H and O–H groups in total. The van der Waals surface area contributed by atoms with E-state index in [-0.39, 0.29) is 5.91 Å². The minimum Gasteiger partial charge on any atom is -0.326 e. The zero-order chi connectivity index (χ0) is 15.5. The van der Waals surface area contributed by atoms with E-state index in [4.69, 9.17) is 0 Å². The van der Waals surface area contributed by atoms with Crippen LogP contribution in [0.25, 0.3) is 0 Å². The van der Waals surface area contributed by atoms with Gasteiger partial charge in [-0.15, -0.1) is 0 Å². The number of carbonyl (C=O) groups is 1. The van der Waals surface area contributed by atoms with Crippen molar-refractivity contribution in [2.24, 2.45) is 5.92 Å². The first-order chi connectivity index (χ1) is 10.2. The van der Waals surface area contributed by atoms with Crippen molar-refractivity contribution < 1.29 is 4.79 Å². The number of anilines is 1. The van der Waals surface area contributed by atoms with Crippen LogP contribution in [0.1, 0.15) is 71.3 Å². The maximum Gasteiger partial charge on any atom is 0.221 e. The van der Waals surface area contributed by atoms with E-state index in [1.807, 2.05) is 12.1 Å². The topological polar surface area (TPSA) is 29.1 Å². The fraction of sp³-hybridized carbons (Fsp3) is 0.632. The Morgan fingerprint density at radius 3 is 2.19 bits per heavy atom. The summed E-state index contributed by atoms with van der Waals surface area (Å²) in [6.45, 7) is 6.08. The zero-order valence-corrected chi connectivity index (χ0v) is 14.0. The molecule has 118 valence electrons. The van der Waals surface area contributed by atoms with Gasteiger partial charge in [0, 0.05) is 12.6 Å². The van der Waals surface area contributed by atoms with E-state index >= 15 is 0 Å². The number of carbonyl (C=O) groups excluding carboxylic acids is 1. The summed E-state index contributed by atoms with van der Waals surface area (Å²) in [4.78, 5) is 11.0. The highest BCUT2D eigenvalue weighted by atomic mass is 16.1. The first-order valence-corrected chi connectivity index (χ1v) is 8.52. The average Bonchev–Trinajstić information content (AvgIpc) is 2.46. The molecule has 1 unspecified atom stereocenters. The Labute approximate surface area is 130 Å². The van der Waals surface area contributed by atoms with Crippen molar-refractivity contribution in [1.82, 2.24) is 0 Å². The summed E-state index contributed by atoms with van der Waals surface area (Å²) in [5.41, 5.74) is 2.28. The minimum absolute atomic E-state index is 0.0110. The van der Waals surface area contributed by atoms with Crippen LogP contribution in [-0.2, 0) is 11.2 Å². The standard InChI is InChI=1S/C19H31NO/c1-4-6-8-10-17(9-7-5-2)15-18-11-13-19(14-12-18)20-16(3)21/h11-14,17H,4-10,15H2,1-3H3,(H,20,21). The predicted octanol–water partition coefficient (Wildman–Crippen LogP) is 5.57. The molecule has 1 aromatic rings. The van der Waals surface area contributed by atoms with Crippen molar-refractivity contribution in [3.05, 3.63) is 29.8 Å². The quantitative estimate of drug-likeness (QED) is 0.560. The number of hydrogen-bond donors (Lipinski definition) is 1. The molecule has 0 heterocycles. The van der Waals surface area contributed by atoms with Crippen molar-refractivity contribution in [3.63, 3.8) is 0 Å². The lowest BCUT2D eigenvalue weighted by molar-refractivity contribution is -0.114. The van der Waals surface area contributed by atoms with Crippen LogP contribution >= 0.6 is 0 Å². The molecule has 21 heavy (non-hydrogen) atoms. The highest BCUT2D eigenvalue weighted by Gasteiger charge is 2.09. The Bertz CT molecular complexity index is 397. The summed E-state index contributed by atoms with van der Waals surface area (Å²) < 4.78 is 0. The fourth-order valence-electron chi connectivity index (χ4n) is 2.79. The molecule has 2 heteroatoms. The van der Waals surface area contributed by atoms with E-state index in [0.29, 0.717) is 0 Å². The van der Waals surface area contributed by atoms with Gasteiger partial charge in [0.25, 0.3) is 0 Å². The van der Waals surface area contributed by atoms with Crippen molar-refractivity contribution >= 4 is 11.6 Å². The van der Waals surface area contributed by atoms with Gasteiger partial charge < -0.3 is 5.32 Å². The van der Waals surface area contributed by atoms with Gasteiger partial charge in [0.05, 0.1) is 0 Å². The highest BCUT2D eigenvalue weighted by molar-refractivity contribution is 5.88. The van der Waals surface area contributed by atoms with Gasteiger partial charge in [-0.3, -0.25) is 4.79 Å².